The third kappa shape index (κ3) is 2.87. The van der Waals surface area contributed by atoms with Crippen LogP contribution in [0.5, 0.6) is 0 Å². The zero-order chi connectivity index (χ0) is 12.3. The first-order valence-electron chi connectivity index (χ1n) is 5.31. The summed E-state index contributed by atoms with van der Waals surface area (Å²) in [4.78, 5) is 4.30. The predicted molar refractivity (Wildman–Crippen MR) is 64.8 cm³/mol. The molecule has 0 atom stereocenters. The van der Waals surface area contributed by atoms with Crippen molar-refractivity contribution in [3.8, 4) is 10.6 Å². The van der Waals surface area contributed by atoms with Crippen molar-refractivity contribution >= 4 is 11.3 Å². The molecular formula is C12H12F2N2S. The zero-order valence-electron chi connectivity index (χ0n) is 9.34. The van der Waals surface area contributed by atoms with Gasteiger partial charge < -0.3 is 5.32 Å². The Morgan fingerprint density at radius 3 is 2.88 bits per heavy atom. The number of nitrogens with one attached hydrogen (secondary N) is 1. The lowest BCUT2D eigenvalue weighted by Gasteiger charge is -1.99. The Labute approximate surface area is 102 Å². The molecule has 0 saturated heterocycles. The molecule has 0 fully saturated rings. The van der Waals surface area contributed by atoms with Gasteiger partial charge in [-0.1, -0.05) is 6.92 Å². The minimum absolute atomic E-state index is 0.346. The number of benzene rings is 1. The summed E-state index contributed by atoms with van der Waals surface area (Å²) >= 11 is 1.36. The normalized spacial score (nSPS) is 10.8. The highest BCUT2D eigenvalue weighted by molar-refractivity contribution is 7.13. The average Bonchev–Trinajstić information content (AvgIpc) is 2.75. The molecule has 0 radical (unpaired) electrons. The lowest BCUT2D eigenvalue weighted by Crippen LogP contribution is -2.11. The van der Waals surface area contributed by atoms with Gasteiger partial charge in [-0.05, 0) is 18.7 Å². The third-order valence-corrected chi connectivity index (χ3v) is 3.19. The van der Waals surface area contributed by atoms with Gasteiger partial charge in [-0.15, -0.1) is 11.3 Å². The lowest BCUT2D eigenvalue weighted by molar-refractivity contribution is 0.585. The predicted octanol–water partition coefficient (Wildman–Crippen LogP) is 3.20. The lowest BCUT2D eigenvalue weighted by atomic mass is 10.2. The molecule has 0 amide bonds. The van der Waals surface area contributed by atoms with Crippen molar-refractivity contribution in [3.63, 3.8) is 0 Å². The van der Waals surface area contributed by atoms with Crippen molar-refractivity contribution in [1.29, 1.82) is 0 Å². The number of thiazole rings is 1. The Morgan fingerprint density at radius 2 is 2.18 bits per heavy atom. The van der Waals surface area contributed by atoms with Crippen LogP contribution in [0.4, 0.5) is 8.78 Å². The molecule has 2 nitrogen and oxygen atoms in total. The number of aromatic nitrogens is 1. The van der Waals surface area contributed by atoms with Crippen molar-refractivity contribution in [2.24, 2.45) is 0 Å². The Balaban J connectivity index is 2.24. The summed E-state index contributed by atoms with van der Waals surface area (Å²) in [5.74, 6) is -1.15. The van der Waals surface area contributed by atoms with Gasteiger partial charge in [0.25, 0.3) is 0 Å². The van der Waals surface area contributed by atoms with Crippen LogP contribution in [0.15, 0.2) is 23.6 Å². The molecule has 0 spiro atoms. The summed E-state index contributed by atoms with van der Waals surface area (Å²) in [6.07, 6.45) is 0. The molecule has 1 aromatic carbocycles. The first-order valence-corrected chi connectivity index (χ1v) is 6.19. The smallest absolute Gasteiger partial charge is 0.136 e. The molecule has 17 heavy (non-hydrogen) atoms. The van der Waals surface area contributed by atoms with E-state index < -0.39 is 11.6 Å². The molecule has 0 aliphatic heterocycles. The van der Waals surface area contributed by atoms with E-state index in [1.807, 2.05) is 12.3 Å². The topological polar surface area (TPSA) is 24.9 Å². The second-order valence-electron chi connectivity index (χ2n) is 3.55. The molecule has 2 rings (SSSR count). The van der Waals surface area contributed by atoms with Crippen LogP contribution in [0.25, 0.3) is 10.6 Å². The van der Waals surface area contributed by atoms with E-state index in [2.05, 4.69) is 10.3 Å². The van der Waals surface area contributed by atoms with Gasteiger partial charge in [0.1, 0.15) is 16.6 Å². The highest BCUT2D eigenvalue weighted by atomic mass is 32.1. The molecule has 1 aromatic heterocycles. The minimum Gasteiger partial charge on any atom is -0.311 e. The van der Waals surface area contributed by atoms with Crippen LogP contribution in [-0.2, 0) is 6.54 Å². The quantitative estimate of drug-likeness (QED) is 0.906. The van der Waals surface area contributed by atoms with E-state index in [0.29, 0.717) is 17.1 Å². The largest absolute Gasteiger partial charge is 0.311 e. The van der Waals surface area contributed by atoms with Gasteiger partial charge in [0.05, 0.1) is 5.69 Å². The summed E-state index contributed by atoms with van der Waals surface area (Å²) in [6, 6.07) is 3.53. The number of rotatable bonds is 4. The van der Waals surface area contributed by atoms with Crippen molar-refractivity contribution < 1.29 is 8.78 Å². The average molecular weight is 254 g/mol. The Hall–Kier alpha value is -1.33. The summed E-state index contributed by atoms with van der Waals surface area (Å²) in [7, 11) is 0. The van der Waals surface area contributed by atoms with Crippen molar-refractivity contribution in [2.45, 2.75) is 13.5 Å². The maximum absolute atomic E-state index is 13.5. The van der Waals surface area contributed by atoms with E-state index in [1.165, 1.54) is 23.5 Å². The van der Waals surface area contributed by atoms with E-state index in [-0.39, 0.29) is 0 Å². The van der Waals surface area contributed by atoms with Crippen LogP contribution in [0.3, 0.4) is 0 Å². The summed E-state index contributed by atoms with van der Waals surface area (Å²) in [5, 5.41) is 5.60. The molecule has 0 bridgehead atoms. The van der Waals surface area contributed by atoms with Crippen molar-refractivity contribution in [3.05, 3.63) is 40.9 Å². The summed E-state index contributed by atoms with van der Waals surface area (Å²) in [6.45, 7) is 3.53. The van der Waals surface area contributed by atoms with Crippen LogP contribution in [0.1, 0.15) is 12.6 Å². The van der Waals surface area contributed by atoms with Gasteiger partial charge in [-0.2, -0.15) is 0 Å². The third-order valence-electron chi connectivity index (χ3n) is 2.27. The van der Waals surface area contributed by atoms with Gasteiger partial charge >= 0.3 is 0 Å². The van der Waals surface area contributed by atoms with Crippen LogP contribution < -0.4 is 5.32 Å². The van der Waals surface area contributed by atoms with Gasteiger partial charge in [0.15, 0.2) is 0 Å². The standard InChI is InChI=1S/C12H12F2N2S/c1-2-15-6-9-7-17-12(16-9)10-4-3-8(13)5-11(10)14/h3-5,7,15H,2,6H2,1H3. The summed E-state index contributed by atoms with van der Waals surface area (Å²) < 4.78 is 26.3. The number of nitrogens with zero attached hydrogens (tertiary/aromatic N) is 1. The number of hydrogen-bond acceptors (Lipinski definition) is 3. The van der Waals surface area contributed by atoms with Crippen LogP contribution in [-0.4, -0.2) is 11.5 Å². The van der Waals surface area contributed by atoms with Gasteiger partial charge in [0.2, 0.25) is 0 Å². The maximum atomic E-state index is 13.5. The van der Waals surface area contributed by atoms with Crippen LogP contribution in [0, 0.1) is 11.6 Å². The zero-order valence-corrected chi connectivity index (χ0v) is 10.2. The highest BCUT2D eigenvalue weighted by Gasteiger charge is 2.10. The summed E-state index contributed by atoms with van der Waals surface area (Å²) in [5.41, 5.74) is 1.22. The fraction of sp³-hybridized carbons (Fsp3) is 0.250. The van der Waals surface area contributed by atoms with E-state index in [1.54, 1.807) is 0 Å². The minimum atomic E-state index is -0.575. The monoisotopic (exact) mass is 254 g/mol. The van der Waals surface area contributed by atoms with E-state index >= 15 is 0 Å². The van der Waals surface area contributed by atoms with E-state index in [4.69, 9.17) is 0 Å². The van der Waals surface area contributed by atoms with Gasteiger partial charge in [-0.3, -0.25) is 0 Å². The molecule has 90 valence electrons. The molecule has 1 heterocycles. The second-order valence-corrected chi connectivity index (χ2v) is 4.41. The Bertz CT molecular complexity index is 511. The molecule has 0 aliphatic carbocycles. The Morgan fingerprint density at radius 1 is 1.35 bits per heavy atom. The van der Waals surface area contributed by atoms with Crippen molar-refractivity contribution in [2.75, 3.05) is 6.54 Å². The first kappa shape index (κ1) is 12.1. The first-order chi connectivity index (χ1) is 8.20. The number of hydrogen-bond donors (Lipinski definition) is 1. The van der Waals surface area contributed by atoms with E-state index in [0.717, 1.165) is 18.3 Å². The molecule has 0 saturated carbocycles. The second kappa shape index (κ2) is 5.33. The van der Waals surface area contributed by atoms with Gasteiger partial charge in [0, 0.05) is 23.6 Å². The molecule has 1 N–H and O–H groups in total. The number of halogens is 2. The maximum Gasteiger partial charge on any atom is 0.136 e. The van der Waals surface area contributed by atoms with E-state index in [9.17, 15) is 8.78 Å². The molecule has 2 aromatic rings. The van der Waals surface area contributed by atoms with Gasteiger partial charge in [-0.25, -0.2) is 13.8 Å². The fourth-order valence-electron chi connectivity index (χ4n) is 1.43. The highest BCUT2D eigenvalue weighted by Crippen LogP contribution is 2.26. The molecule has 5 heteroatoms. The fourth-order valence-corrected chi connectivity index (χ4v) is 2.27. The molecule has 0 aliphatic rings. The molecular weight excluding hydrogens is 242 g/mol. The van der Waals surface area contributed by atoms with Crippen LogP contribution in [0.2, 0.25) is 0 Å². The SMILES string of the molecule is CCNCc1csc(-c2ccc(F)cc2F)n1. The molecule has 0 unspecified atom stereocenters. The van der Waals surface area contributed by atoms with Crippen LogP contribution >= 0.6 is 11.3 Å². The van der Waals surface area contributed by atoms with Crippen molar-refractivity contribution in [1.82, 2.24) is 10.3 Å². The Kier molecular flexibility index (Phi) is 3.81.